The Morgan fingerprint density at radius 3 is 2.40 bits per heavy atom. The Morgan fingerprint density at radius 1 is 1.10 bits per heavy atom. The van der Waals surface area contributed by atoms with Gasteiger partial charge in [-0.05, 0) is 102 Å². The standard InChI is InChI=1S/C30H40F3N5O3S/c1-20(2)37-12-8-28(9-13-37)16-23(17-28)42(39,40)22-5-6-25(21(3)15-22)35-27-34-18-24(30(31,32)33)26(36-27)38-11-4-7-29(19-38)10-14-41-29/h5-6,15,18,20,23H,4,7-14,16-17,19H2,1-3H3,(H,34,35,36). The summed E-state index contributed by atoms with van der Waals surface area (Å²) < 4.78 is 74.5. The number of rotatable bonds is 6. The summed E-state index contributed by atoms with van der Waals surface area (Å²) in [6.07, 6.45) is 2.08. The van der Waals surface area contributed by atoms with E-state index < -0.39 is 27.2 Å². The second kappa shape index (κ2) is 10.6. The van der Waals surface area contributed by atoms with Crippen molar-refractivity contribution in [1.82, 2.24) is 14.9 Å². The van der Waals surface area contributed by atoms with Crippen molar-refractivity contribution in [1.29, 1.82) is 0 Å². The van der Waals surface area contributed by atoms with Crippen molar-refractivity contribution in [2.24, 2.45) is 5.41 Å². The minimum atomic E-state index is -4.60. The number of aromatic nitrogens is 2. The van der Waals surface area contributed by atoms with Gasteiger partial charge in [0.25, 0.3) is 0 Å². The lowest BCUT2D eigenvalue weighted by Crippen LogP contribution is -2.56. The van der Waals surface area contributed by atoms with E-state index >= 15 is 0 Å². The normalized spacial score (nSPS) is 25.1. The topological polar surface area (TPSA) is 87.7 Å². The van der Waals surface area contributed by atoms with Crippen LogP contribution < -0.4 is 10.2 Å². The van der Waals surface area contributed by atoms with Crippen LogP contribution in [0.15, 0.2) is 29.3 Å². The first-order valence-corrected chi connectivity index (χ1v) is 16.5. The minimum absolute atomic E-state index is 0.0273. The van der Waals surface area contributed by atoms with Crippen LogP contribution in [0, 0.1) is 12.3 Å². The SMILES string of the molecule is Cc1cc(S(=O)(=O)C2CC3(CCN(C(C)C)CC3)C2)ccc1Nc1ncc(C(F)(F)F)c(N2CCCC3(CCO3)C2)n1. The molecule has 2 aromatic rings. The summed E-state index contributed by atoms with van der Waals surface area (Å²) >= 11 is 0. The third-order valence-electron chi connectivity index (χ3n) is 10.0. The number of alkyl halides is 3. The van der Waals surface area contributed by atoms with E-state index in [0.29, 0.717) is 49.8 Å². The van der Waals surface area contributed by atoms with E-state index in [1.165, 1.54) is 0 Å². The number of aryl methyl sites for hydroxylation is 1. The van der Waals surface area contributed by atoms with E-state index in [2.05, 4.69) is 34.0 Å². The molecule has 3 saturated heterocycles. The van der Waals surface area contributed by atoms with Gasteiger partial charge in [-0.1, -0.05) is 0 Å². The van der Waals surface area contributed by atoms with Gasteiger partial charge in [0.1, 0.15) is 11.4 Å². The zero-order valence-corrected chi connectivity index (χ0v) is 25.3. The molecule has 8 nitrogen and oxygen atoms in total. The Balaban J connectivity index is 1.17. The molecule has 1 aromatic carbocycles. The first-order chi connectivity index (χ1) is 19.8. The van der Waals surface area contributed by atoms with Gasteiger partial charge in [-0.15, -0.1) is 0 Å². The molecule has 1 N–H and O–H groups in total. The predicted molar refractivity (Wildman–Crippen MR) is 155 cm³/mol. The van der Waals surface area contributed by atoms with E-state index in [0.717, 1.165) is 51.4 Å². The van der Waals surface area contributed by atoms with Crippen LogP contribution in [0.5, 0.6) is 0 Å². The molecule has 0 bridgehead atoms. The van der Waals surface area contributed by atoms with Gasteiger partial charge in [0.2, 0.25) is 5.95 Å². The maximum atomic E-state index is 13.9. The van der Waals surface area contributed by atoms with Gasteiger partial charge >= 0.3 is 6.18 Å². The van der Waals surface area contributed by atoms with E-state index in [-0.39, 0.29) is 27.3 Å². The molecular formula is C30H40F3N5O3S. The van der Waals surface area contributed by atoms with Crippen molar-refractivity contribution in [2.45, 2.75) is 93.7 Å². The lowest BCUT2D eigenvalue weighted by molar-refractivity contribution is -0.152. The third kappa shape index (κ3) is 5.50. The highest BCUT2D eigenvalue weighted by Crippen LogP contribution is 2.53. The van der Waals surface area contributed by atoms with Crippen LogP contribution in [0.25, 0.3) is 0 Å². The molecule has 12 heteroatoms. The zero-order valence-electron chi connectivity index (χ0n) is 24.5. The molecule has 1 aliphatic carbocycles. The van der Waals surface area contributed by atoms with Gasteiger partial charge in [-0.25, -0.2) is 13.4 Å². The van der Waals surface area contributed by atoms with Crippen LogP contribution in [0.3, 0.4) is 0 Å². The number of piperidine rings is 2. The fraction of sp³-hybridized carbons (Fsp3) is 0.667. The zero-order chi connectivity index (χ0) is 29.9. The van der Waals surface area contributed by atoms with Gasteiger partial charge in [0, 0.05) is 37.4 Å². The second-order valence-corrected chi connectivity index (χ2v) is 15.3. The number of nitrogens with zero attached hydrogens (tertiary/aromatic N) is 4. The molecule has 6 rings (SSSR count). The average Bonchev–Trinajstić information content (AvgIpc) is 2.91. The van der Waals surface area contributed by atoms with Crippen molar-refractivity contribution in [3.05, 3.63) is 35.5 Å². The predicted octanol–water partition coefficient (Wildman–Crippen LogP) is 5.73. The van der Waals surface area contributed by atoms with Crippen LogP contribution in [0.4, 0.5) is 30.6 Å². The van der Waals surface area contributed by atoms with Crippen molar-refractivity contribution in [3.63, 3.8) is 0 Å². The number of anilines is 3. The van der Waals surface area contributed by atoms with Crippen molar-refractivity contribution in [2.75, 3.05) is 43.0 Å². The molecule has 1 unspecified atom stereocenters. The minimum Gasteiger partial charge on any atom is -0.373 e. The molecule has 4 heterocycles. The van der Waals surface area contributed by atoms with Crippen LogP contribution in [-0.2, 0) is 20.8 Å². The monoisotopic (exact) mass is 607 g/mol. The van der Waals surface area contributed by atoms with Gasteiger partial charge in [0.15, 0.2) is 9.84 Å². The first-order valence-electron chi connectivity index (χ1n) is 15.0. The molecule has 3 aliphatic heterocycles. The number of hydrogen-bond donors (Lipinski definition) is 1. The van der Waals surface area contributed by atoms with E-state index in [9.17, 15) is 21.6 Å². The largest absolute Gasteiger partial charge is 0.421 e. The maximum absolute atomic E-state index is 13.9. The van der Waals surface area contributed by atoms with Crippen LogP contribution in [-0.4, -0.2) is 73.0 Å². The van der Waals surface area contributed by atoms with E-state index in [1.807, 2.05) is 0 Å². The number of nitrogens with one attached hydrogen (secondary N) is 1. The van der Waals surface area contributed by atoms with Crippen molar-refractivity contribution >= 4 is 27.3 Å². The molecule has 1 aromatic heterocycles. The molecule has 230 valence electrons. The summed E-state index contributed by atoms with van der Waals surface area (Å²) in [5, 5.41) is 2.65. The first kappa shape index (κ1) is 29.6. The number of benzene rings is 1. The number of halogens is 3. The third-order valence-corrected chi connectivity index (χ3v) is 12.1. The Hall–Kier alpha value is -2.44. The Kier molecular flexibility index (Phi) is 7.49. The number of sulfone groups is 1. The maximum Gasteiger partial charge on any atom is 0.421 e. The molecule has 4 aliphatic rings. The molecular weight excluding hydrogens is 567 g/mol. The average molecular weight is 608 g/mol. The molecule has 1 saturated carbocycles. The van der Waals surface area contributed by atoms with Gasteiger partial charge in [0.05, 0.1) is 22.4 Å². The summed E-state index contributed by atoms with van der Waals surface area (Å²) in [5.41, 5.74) is 0.0539. The highest BCUT2D eigenvalue weighted by atomic mass is 32.2. The van der Waals surface area contributed by atoms with Crippen molar-refractivity contribution < 1.29 is 26.3 Å². The smallest absolute Gasteiger partial charge is 0.373 e. The lowest BCUT2D eigenvalue weighted by Gasteiger charge is -2.52. The lowest BCUT2D eigenvalue weighted by atomic mass is 9.63. The van der Waals surface area contributed by atoms with E-state index in [4.69, 9.17) is 4.74 Å². The summed E-state index contributed by atoms with van der Waals surface area (Å²) in [6, 6.07) is 5.37. The van der Waals surface area contributed by atoms with Gasteiger partial charge in [-0.2, -0.15) is 18.2 Å². The summed E-state index contributed by atoms with van der Waals surface area (Å²) in [5.74, 6) is -0.135. The van der Waals surface area contributed by atoms with Gasteiger partial charge < -0.3 is 19.9 Å². The molecule has 0 amide bonds. The molecule has 2 spiro atoms. The van der Waals surface area contributed by atoms with Crippen LogP contribution in [0.1, 0.15) is 69.9 Å². The number of hydrogen-bond acceptors (Lipinski definition) is 8. The summed E-state index contributed by atoms with van der Waals surface area (Å²) in [7, 11) is -3.49. The molecule has 1 atom stereocenters. The molecule has 4 fully saturated rings. The Labute approximate surface area is 246 Å². The molecule has 0 radical (unpaired) electrons. The fourth-order valence-electron chi connectivity index (χ4n) is 7.18. The Bertz CT molecular complexity index is 1430. The van der Waals surface area contributed by atoms with Crippen molar-refractivity contribution in [3.8, 4) is 0 Å². The highest BCUT2D eigenvalue weighted by molar-refractivity contribution is 7.92. The van der Waals surface area contributed by atoms with Crippen LogP contribution >= 0.6 is 0 Å². The number of likely N-dealkylation sites (tertiary alicyclic amines) is 1. The highest BCUT2D eigenvalue weighted by Gasteiger charge is 2.51. The summed E-state index contributed by atoms with van der Waals surface area (Å²) in [4.78, 5) is 12.7. The summed E-state index contributed by atoms with van der Waals surface area (Å²) in [6.45, 7) is 9.64. The number of ether oxygens (including phenoxy) is 1. The quantitative estimate of drug-likeness (QED) is 0.446. The second-order valence-electron chi connectivity index (χ2n) is 13.0. The Morgan fingerprint density at radius 2 is 1.81 bits per heavy atom. The van der Waals surface area contributed by atoms with Gasteiger partial charge in [-0.3, -0.25) is 0 Å². The fourth-order valence-corrected chi connectivity index (χ4v) is 9.31. The molecule has 42 heavy (non-hydrogen) atoms. The van der Waals surface area contributed by atoms with E-state index in [1.54, 1.807) is 30.0 Å². The van der Waals surface area contributed by atoms with Crippen LogP contribution in [0.2, 0.25) is 0 Å².